The molecule has 6 aromatic rings. The number of ether oxygens (including phenoxy) is 2. The van der Waals surface area contributed by atoms with Gasteiger partial charge in [-0.2, -0.15) is 0 Å². The zero-order valence-corrected chi connectivity index (χ0v) is 47.8. The van der Waals surface area contributed by atoms with Crippen LogP contribution in [-0.4, -0.2) is 55.7 Å². The minimum atomic E-state index is -0.964. The van der Waals surface area contributed by atoms with Crippen molar-refractivity contribution in [3.8, 4) is 22.3 Å². The van der Waals surface area contributed by atoms with Crippen LogP contribution in [-0.2, 0) is 47.5 Å². The number of nitrogens with one attached hydrogen (secondary N) is 4. The lowest BCUT2D eigenvalue weighted by molar-refractivity contribution is -0.150. The summed E-state index contributed by atoms with van der Waals surface area (Å²) in [7, 11) is 0. The third kappa shape index (κ3) is 9.73. The fraction of sp³-hybridized carbons (Fsp3) is 0.414. The average molecular weight is 1100 g/mol. The lowest BCUT2D eigenvalue weighted by Crippen LogP contribution is -2.60. The summed E-state index contributed by atoms with van der Waals surface area (Å²) in [4.78, 5) is 71.3. The van der Waals surface area contributed by atoms with E-state index in [1.54, 1.807) is 0 Å². The van der Waals surface area contributed by atoms with Crippen molar-refractivity contribution in [2.75, 3.05) is 30.8 Å². The molecule has 6 aromatic carbocycles. The molecule has 0 bridgehead atoms. The maximum atomic E-state index is 14.9. The second-order valence-corrected chi connectivity index (χ2v) is 25.4. The fourth-order valence-corrected chi connectivity index (χ4v) is 16.5. The molecule has 6 N–H and O–H groups in total. The standard InChI is InChI=1S/C70H77N5O7/c1-67-34-15-36-69(3,60(67)32-28-43-26-30-45(71)39-57(43)67)63(77)75-64(78)70(4)37-16-35-68(2)58-40-46(31-27-44(58)29-33-61(68)70)73-62(76)59(74-66(80)82-42-56-53-23-11-7-19-49(53)50-20-8-12-24-54(50)56)25-13-14-38-72-65(79)81-41-55-51-21-9-5-17-47(51)48-18-6-10-22-52(48)55/h5-12,17-24,26-27,30-31,39-40,55-56,59-61H,13-16,25,28-29,32-38,41-42,71H2,1-4H3,(H,72,79)(H,73,76)(H,74,80)(H,75,77,78)/t59?,60-,61-,67-,68-,69+,70+/m1/s1. The minimum Gasteiger partial charge on any atom is -0.449 e. The lowest BCUT2D eigenvalue weighted by Gasteiger charge is -2.56. The van der Waals surface area contributed by atoms with Crippen LogP contribution in [0.25, 0.3) is 22.3 Å². The van der Waals surface area contributed by atoms with E-state index in [1.165, 1.54) is 16.7 Å². The van der Waals surface area contributed by atoms with E-state index in [0.717, 1.165) is 114 Å². The Balaban J connectivity index is 0.716. The van der Waals surface area contributed by atoms with Crippen molar-refractivity contribution < 1.29 is 33.4 Å². The number of rotatable bonds is 14. The highest BCUT2D eigenvalue weighted by Gasteiger charge is 2.58. The molecule has 12 rings (SSSR count). The van der Waals surface area contributed by atoms with Crippen LogP contribution in [0.2, 0.25) is 0 Å². The number of carbonyl (C=O) groups excluding carboxylic acids is 5. The van der Waals surface area contributed by atoms with Gasteiger partial charge < -0.3 is 31.2 Å². The van der Waals surface area contributed by atoms with E-state index in [-0.39, 0.29) is 66.4 Å². The summed E-state index contributed by atoms with van der Waals surface area (Å²) < 4.78 is 11.8. The number of hydrogen-bond acceptors (Lipinski definition) is 8. The molecule has 82 heavy (non-hydrogen) atoms. The quantitative estimate of drug-likeness (QED) is 0.0406. The number of aryl methyl sites for hydroxylation is 2. The Bertz CT molecular complexity index is 3410. The van der Waals surface area contributed by atoms with E-state index in [2.05, 4.69) is 122 Å². The van der Waals surface area contributed by atoms with Crippen molar-refractivity contribution in [1.82, 2.24) is 16.0 Å². The van der Waals surface area contributed by atoms with E-state index in [1.807, 2.05) is 60.7 Å². The molecule has 0 aliphatic heterocycles. The highest BCUT2D eigenvalue weighted by atomic mass is 16.6. The van der Waals surface area contributed by atoms with E-state index in [4.69, 9.17) is 15.2 Å². The average Bonchev–Trinajstić information content (AvgIpc) is 1.44. The zero-order chi connectivity index (χ0) is 57.0. The molecule has 7 atom stereocenters. The summed E-state index contributed by atoms with van der Waals surface area (Å²) in [6.07, 6.45) is 8.36. The Labute approximate surface area is 482 Å². The molecule has 0 heterocycles. The van der Waals surface area contributed by atoms with Crippen LogP contribution in [0.5, 0.6) is 0 Å². The van der Waals surface area contributed by atoms with Crippen LogP contribution >= 0.6 is 0 Å². The summed E-state index contributed by atoms with van der Waals surface area (Å²) in [6, 6.07) is 44.1. The summed E-state index contributed by atoms with van der Waals surface area (Å²) in [5.74, 6) is -0.941. The summed E-state index contributed by atoms with van der Waals surface area (Å²) in [6.45, 7) is 9.31. The molecule has 6 aliphatic rings. The number of nitrogen functional groups attached to an aromatic ring is 1. The minimum absolute atomic E-state index is 0.0565. The van der Waals surface area contributed by atoms with Gasteiger partial charge in [-0.1, -0.05) is 150 Å². The number of unbranched alkanes of at least 4 members (excludes halogenated alkanes) is 1. The Morgan fingerprint density at radius 3 is 1.54 bits per heavy atom. The molecule has 0 radical (unpaired) electrons. The molecule has 2 saturated carbocycles. The highest BCUT2D eigenvalue weighted by Crippen LogP contribution is 2.60. The number of hydrogen-bond donors (Lipinski definition) is 5. The molecular weight excluding hydrogens is 1020 g/mol. The van der Waals surface area contributed by atoms with E-state index in [9.17, 15) is 24.0 Å². The molecule has 0 saturated heterocycles. The van der Waals surface area contributed by atoms with Crippen LogP contribution in [0.4, 0.5) is 21.0 Å². The maximum absolute atomic E-state index is 14.9. The normalized spacial score (nSPS) is 25.0. The van der Waals surface area contributed by atoms with Gasteiger partial charge in [-0.3, -0.25) is 19.7 Å². The number of anilines is 2. The molecule has 6 aliphatic carbocycles. The molecule has 5 amide bonds. The van der Waals surface area contributed by atoms with Crippen LogP contribution in [0.3, 0.4) is 0 Å². The molecule has 12 nitrogen and oxygen atoms in total. The lowest BCUT2D eigenvalue weighted by atomic mass is 9.49. The van der Waals surface area contributed by atoms with Crippen molar-refractivity contribution in [2.24, 2.45) is 22.7 Å². The third-order valence-electron chi connectivity index (χ3n) is 20.8. The van der Waals surface area contributed by atoms with Crippen LogP contribution in [0, 0.1) is 22.7 Å². The number of carbonyl (C=O) groups is 5. The molecule has 0 spiro atoms. The Morgan fingerprint density at radius 1 is 0.561 bits per heavy atom. The second-order valence-electron chi connectivity index (χ2n) is 25.4. The molecule has 1 unspecified atom stereocenters. The summed E-state index contributed by atoms with van der Waals surface area (Å²) in [5.41, 5.74) is 19.4. The van der Waals surface area contributed by atoms with Gasteiger partial charge in [0.15, 0.2) is 0 Å². The molecule has 12 heteroatoms. The number of benzene rings is 6. The van der Waals surface area contributed by atoms with E-state index in [0.29, 0.717) is 31.5 Å². The van der Waals surface area contributed by atoms with Gasteiger partial charge in [0.2, 0.25) is 17.7 Å². The number of amides is 5. The largest absolute Gasteiger partial charge is 0.449 e. The zero-order valence-electron chi connectivity index (χ0n) is 47.8. The first kappa shape index (κ1) is 54.8. The molecule has 0 aromatic heterocycles. The van der Waals surface area contributed by atoms with Gasteiger partial charge in [0.05, 0.1) is 10.8 Å². The predicted molar refractivity (Wildman–Crippen MR) is 320 cm³/mol. The van der Waals surface area contributed by atoms with Crippen LogP contribution in [0.1, 0.15) is 155 Å². The van der Waals surface area contributed by atoms with Gasteiger partial charge in [0.1, 0.15) is 19.3 Å². The number of nitrogens with two attached hydrogens (primary N) is 1. The van der Waals surface area contributed by atoms with Gasteiger partial charge in [0, 0.05) is 29.8 Å². The first-order chi connectivity index (χ1) is 39.6. The number of imide groups is 1. The van der Waals surface area contributed by atoms with Crippen LogP contribution < -0.4 is 27.0 Å². The molecule has 2 fully saturated rings. The van der Waals surface area contributed by atoms with Gasteiger partial charge in [0.25, 0.3) is 0 Å². The van der Waals surface area contributed by atoms with Crippen LogP contribution in [0.15, 0.2) is 133 Å². The molecular formula is C70H77N5O7. The van der Waals surface area contributed by atoms with Gasteiger partial charge in [-0.05, 0) is 184 Å². The Kier molecular flexibility index (Phi) is 14.6. The van der Waals surface area contributed by atoms with E-state index >= 15 is 0 Å². The van der Waals surface area contributed by atoms with Crippen molar-refractivity contribution >= 4 is 41.3 Å². The topological polar surface area (TPSA) is 178 Å². The monoisotopic (exact) mass is 1100 g/mol. The first-order valence-electron chi connectivity index (χ1n) is 30.0. The van der Waals surface area contributed by atoms with Crippen molar-refractivity contribution in [3.63, 3.8) is 0 Å². The van der Waals surface area contributed by atoms with Crippen molar-refractivity contribution in [2.45, 2.75) is 140 Å². The summed E-state index contributed by atoms with van der Waals surface area (Å²) >= 11 is 0. The Morgan fingerprint density at radius 2 is 1.02 bits per heavy atom. The fourth-order valence-electron chi connectivity index (χ4n) is 16.5. The predicted octanol–water partition coefficient (Wildman–Crippen LogP) is 13.2. The van der Waals surface area contributed by atoms with Gasteiger partial charge in [-0.15, -0.1) is 0 Å². The second kappa shape index (κ2) is 21.9. The van der Waals surface area contributed by atoms with Crippen molar-refractivity contribution in [3.05, 3.63) is 178 Å². The maximum Gasteiger partial charge on any atom is 0.407 e. The van der Waals surface area contributed by atoms with Crippen molar-refractivity contribution in [1.29, 1.82) is 0 Å². The van der Waals surface area contributed by atoms with Gasteiger partial charge in [-0.25, -0.2) is 9.59 Å². The third-order valence-corrected chi connectivity index (χ3v) is 20.8. The highest BCUT2D eigenvalue weighted by molar-refractivity contribution is 6.01. The first-order valence-corrected chi connectivity index (χ1v) is 30.0. The SMILES string of the molecule is C[C@]1(C(=O)NC(=O)[C@@]2(C)CCC[C@]3(C)c4cc(NC(=O)C(CCCCNC(=O)OCC5c6ccccc6-c6ccccc65)NC(=O)OCC5c6ccccc6-c6ccccc65)ccc4CC[C@@H]23)CCC[C@]2(C)c3cc(N)ccc3CC[C@@H]12. The van der Waals surface area contributed by atoms with E-state index < -0.39 is 34.5 Å². The summed E-state index contributed by atoms with van der Waals surface area (Å²) in [5, 5.41) is 12.1. The number of alkyl carbamates (subject to hydrolysis) is 2. The molecule has 424 valence electrons. The number of fused-ring (bicyclic) bond motifs is 12. The van der Waals surface area contributed by atoms with Gasteiger partial charge >= 0.3 is 12.2 Å². The smallest absolute Gasteiger partial charge is 0.407 e. The Hall–Kier alpha value is -7.73.